The van der Waals surface area contributed by atoms with Crippen molar-refractivity contribution in [2.75, 3.05) is 44.2 Å². The second kappa shape index (κ2) is 10.2. The lowest BCUT2D eigenvalue weighted by molar-refractivity contribution is 0.0732. The van der Waals surface area contributed by atoms with E-state index in [1.54, 1.807) is 0 Å². The van der Waals surface area contributed by atoms with E-state index in [9.17, 15) is 9.18 Å². The van der Waals surface area contributed by atoms with Gasteiger partial charge in [-0.3, -0.25) is 9.80 Å². The smallest absolute Gasteiger partial charge is 0.410 e. The first-order valence-corrected chi connectivity index (χ1v) is 14.4. The number of hydrogen-bond acceptors (Lipinski definition) is 8. The molecule has 39 heavy (non-hydrogen) atoms. The Labute approximate surface area is 228 Å². The molecule has 0 saturated carbocycles. The third-order valence-electron chi connectivity index (χ3n) is 9.32. The minimum absolute atomic E-state index is 0.0923. The van der Waals surface area contributed by atoms with Crippen LogP contribution >= 0.6 is 0 Å². The molecule has 1 aromatic carbocycles. The van der Waals surface area contributed by atoms with Crippen LogP contribution in [0.1, 0.15) is 48.9 Å². The largest absolute Gasteiger partial charge is 0.461 e. The molecule has 208 valence electrons. The Bertz CT molecular complexity index is 1200. The first-order valence-electron chi connectivity index (χ1n) is 14.4. The minimum Gasteiger partial charge on any atom is -0.461 e. The maximum absolute atomic E-state index is 14.3. The molecule has 9 nitrogen and oxygen atoms in total. The molecule has 2 unspecified atom stereocenters. The number of rotatable bonds is 6. The lowest BCUT2D eigenvalue weighted by atomic mass is 9.95. The van der Waals surface area contributed by atoms with Gasteiger partial charge in [-0.2, -0.15) is 9.97 Å². The molecule has 6 heterocycles. The maximum atomic E-state index is 14.3. The maximum Gasteiger partial charge on any atom is 0.410 e. The fraction of sp³-hybridized carbons (Fsp3) is 0.621. The van der Waals surface area contributed by atoms with Gasteiger partial charge in [0.1, 0.15) is 25.2 Å². The van der Waals surface area contributed by atoms with Crippen LogP contribution < -0.4 is 15.0 Å². The SMILES string of the molecule is O=C(OCc1ccccc1)N1C2CCC1CN(c1nc(OC[C@@]34CCCN3C[C@H](F)C4)nc3c1CCNC3)C2. The summed E-state index contributed by atoms with van der Waals surface area (Å²) in [7, 11) is 0. The molecule has 1 aromatic heterocycles. The number of piperazine rings is 1. The summed E-state index contributed by atoms with van der Waals surface area (Å²) in [6.07, 6.45) is 4.33. The first-order chi connectivity index (χ1) is 19.1. The summed E-state index contributed by atoms with van der Waals surface area (Å²) >= 11 is 0. The number of nitrogens with one attached hydrogen (secondary N) is 1. The number of hydrogen-bond donors (Lipinski definition) is 1. The van der Waals surface area contributed by atoms with Crippen LogP contribution in [-0.4, -0.2) is 89.0 Å². The van der Waals surface area contributed by atoms with Crippen molar-refractivity contribution in [1.29, 1.82) is 0 Å². The number of amides is 1. The summed E-state index contributed by atoms with van der Waals surface area (Å²) in [4.78, 5) is 29.4. The van der Waals surface area contributed by atoms with E-state index in [0.29, 0.717) is 45.2 Å². The molecule has 1 amide bonds. The van der Waals surface area contributed by atoms with Crippen molar-refractivity contribution in [3.8, 4) is 6.01 Å². The van der Waals surface area contributed by atoms with Crippen LogP contribution in [0.4, 0.5) is 15.0 Å². The van der Waals surface area contributed by atoms with Crippen LogP contribution in [0.25, 0.3) is 0 Å². The minimum atomic E-state index is -0.788. The Balaban J connectivity index is 1.07. The number of nitrogens with zero attached hydrogens (tertiary/aromatic N) is 5. The molecule has 5 aliphatic rings. The molecule has 1 N–H and O–H groups in total. The molecule has 4 saturated heterocycles. The van der Waals surface area contributed by atoms with Gasteiger partial charge in [0.2, 0.25) is 0 Å². The van der Waals surface area contributed by atoms with Crippen LogP contribution in [0.3, 0.4) is 0 Å². The molecule has 2 aromatic rings. The van der Waals surface area contributed by atoms with E-state index in [-0.39, 0.29) is 30.3 Å². The van der Waals surface area contributed by atoms with Gasteiger partial charge in [-0.15, -0.1) is 0 Å². The Kier molecular flexibility index (Phi) is 6.55. The van der Waals surface area contributed by atoms with Gasteiger partial charge < -0.3 is 19.7 Å². The van der Waals surface area contributed by atoms with Crippen molar-refractivity contribution in [1.82, 2.24) is 25.1 Å². The van der Waals surface area contributed by atoms with Crippen LogP contribution in [0.2, 0.25) is 0 Å². The summed E-state index contributed by atoms with van der Waals surface area (Å²) in [5.41, 5.74) is 2.91. The number of benzene rings is 1. The second-order valence-corrected chi connectivity index (χ2v) is 11.8. The fourth-order valence-corrected chi connectivity index (χ4v) is 7.46. The highest BCUT2D eigenvalue weighted by atomic mass is 19.1. The molecule has 10 heteroatoms. The Morgan fingerprint density at radius 3 is 2.77 bits per heavy atom. The van der Waals surface area contributed by atoms with Gasteiger partial charge in [0.05, 0.1) is 23.3 Å². The zero-order chi connectivity index (χ0) is 26.4. The van der Waals surface area contributed by atoms with Crippen LogP contribution in [0.5, 0.6) is 6.01 Å². The van der Waals surface area contributed by atoms with Gasteiger partial charge in [-0.05, 0) is 50.8 Å². The average molecular weight is 537 g/mol. The number of fused-ring (bicyclic) bond motifs is 4. The molecule has 0 spiro atoms. The molecule has 0 radical (unpaired) electrons. The molecular weight excluding hydrogens is 499 g/mol. The van der Waals surface area contributed by atoms with E-state index < -0.39 is 6.17 Å². The number of halogens is 1. The highest BCUT2D eigenvalue weighted by molar-refractivity contribution is 5.70. The highest BCUT2D eigenvalue weighted by Gasteiger charge is 2.49. The summed E-state index contributed by atoms with van der Waals surface area (Å²) in [5.74, 6) is 0.932. The quantitative estimate of drug-likeness (QED) is 0.603. The Morgan fingerprint density at radius 2 is 1.95 bits per heavy atom. The molecule has 4 atom stereocenters. The summed E-state index contributed by atoms with van der Waals surface area (Å²) < 4.78 is 26.2. The fourth-order valence-electron chi connectivity index (χ4n) is 7.46. The topological polar surface area (TPSA) is 83.1 Å². The number of carbonyl (C=O) groups excluding carboxylic acids is 1. The van der Waals surface area contributed by atoms with Crippen molar-refractivity contribution in [3.63, 3.8) is 0 Å². The number of anilines is 1. The molecule has 5 aliphatic heterocycles. The number of aromatic nitrogens is 2. The van der Waals surface area contributed by atoms with Gasteiger partial charge >= 0.3 is 12.1 Å². The first kappa shape index (κ1) is 25.0. The Hall–Kier alpha value is -2.98. The van der Waals surface area contributed by atoms with Gasteiger partial charge in [0.25, 0.3) is 0 Å². The Morgan fingerprint density at radius 1 is 1.13 bits per heavy atom. The van der Waals surface area contributed by atoms with Gasteiger partial charge in [-0.1, -0.05) is 30.3 Å². The molecule has 2 bridgehead atoms. The normalized spacial score (nSPS) is 29.8. The number of carbonyl (C=O) groups is 1. The number of alkyl halides is 1. The van der Waals surface area contributed by atoms with E-state index in [2.05, 4.69) is 15.1 Å². The van der Waals surface area contributed by atoms with Crippen molar-refractivity contribution in [2.24, 2.45) is 0 Å². The molecule has 0 aliphatic carbocycles. The molecular formula is C29H37FN6O3. The predicted octanol–water partition coefficient (Wildman–Crippen LogP) is 3.07. The van der Waals surface area contributed by atoms with Crippen LogP contribution in [0, 0.1) is 0 Å². The van der Waals surface area contributed by atoms with Crippen LogP contribution in [-0.2, 0) is 24.3 Å². The van der Waals surface area contributed by atoms with E-state index in [4.69, 9.17) is 19.4 Å². The zero-order valence-electron chi connectivity index (χ0n) is 22.4. The van der Waals surface area contributed by atoms with E-state index in [1.807, 2.05) is 35.2 Å². The van der Waals surface area contributed by atoms with E-state index in [0.717, 1.165) is 62.3 Å². The highest BCUT2D eigenvalue weighted by Crippen LogP contribution is 2.41. The van der Waals surface area contributed by atoms with Crippen molar-refractivity contribution in [3.05, 3.63) is 47.2 Å². The monoisotopic (exact) mass is 536 g/mol. The third-order valence-corrected chi connectivity index (χ3v) is 9.32. The van der Waals surface area contributed by atoms with Crippen molar-refractivity contribution >= 4 is 11.9 Å². The zero-order valence-corrected chi connectivity index (χ0v) is 22.4. The average Bonchev–Trinajstić information content (AvgIpc) is 3.57. The van der Waals surface area contributed by atoms with Gasteiger partial charge in [0.15, 0.2) is 0 Å². The van der Waals surface area contributed by atoms with E-state index in [1.165, 1.54) is 5.56 Å². The van der Waals surface area contributed by atoms with Crippen LogP contribution in [0.15, 0.2) is 30.3 Å². The lowest BCUT2D eigenvalue weighted by Gasteiger charge is -2.41. The third kappa shape index (κ3) is 4.71. The second-order valence-electron chi connectivity index (χ2n) is 11.8. The predicted molar refractivity (Wildman–Crippen MR) is 143 cm³/mol. The summed E-state index contributed by atoms with van der Waals surface area (Å²) in [5, 5.41) is 3.42. The summed E-state index contributed by atoms with van der Waals surface area (Å²) in [6, 6.07) is 10.4. The van der Waals surface area contributed by atoms with Crippen molar-refractivity contribution in [2.45, 2.75) is 75.5 Å². The van der Waals surface area contributed by atoms with Gasteiger partial charge in [-0.25, -0.2) is 9.18 Å². The molecule has 4 fully saturated rings. The number of ether oxygens (including phenoxy) is 2. The standard InChI is InChI=1S/C29H37FN6O3/c30-21-13-29(10-4-12-35(29)15-21)19-39-27-32-25-14-31-11-9-24(25)26(33-27)34-16-22-7-8-23(17-34)36(22)28(37)38-18-20-5-2-1-3-6-20/h1-3,5-6,21-23,31H,4,7-19H2/t21-,22?,23?,29+/m1/s1. The van der Waals surface area contributed by atoms with Crippen molar-refractivity contribution < 1.29 is 18.7 Å². The lowest BCUT2D eigenvalue weighted by Crippen LogP contribution is -2.56. The van der Waals surface area contributed by atoms with E-state index >= 15 is 0 Å². The molecule has 7 rings (SSSR count). The van der Waals surface area contributed by atoms with Gasteiger partial charge in [0, 0.05) is 38.2 Å². The summed E-state index contributed by atoms with van der Waals surface area (Å²) in [6.45, 7) is 5.15.